The highest BCUT2D eigenvalue weighted by atomic mass is 16.3. The molecule has 0 heterocycles. The van der Waals surface area contributed by atoms with Gasteiger partial charge in [0.15, 0.2) is 5.57 Å². The first-order valence-corrected chi connectivity index (χ1v) is 5.67. The van der Waals surface area contributed by atoms with Gasteiger partial charge in [-0.15, -0.1) is 0 Å². The molecular formula is C12H18N2O2. The quantitative estimate of drug-likeness (QED) is 0.426. The topological polar surface area (TPSA) is 73.1 Å². The predicted molar refractivity (Wildman–Crippen MR) is 60.5 cm³/mol. The average Bonchev–Trinajstić information content (AvgIpc) is 2.22. The van der Waals surface area contributed by atoms with Gasteiger partial charge < -0.3 is 10.4 Å². The number of allylic oxidation sites excluding steroid dienone is 1. The highest BCUT2D eigenvalue weighted by Gasteiger charge is 2.24. The molecule has 88 valence electrons. The van der Waals surface area contributed by atoms with Crippen molar-refractivity contribution in [2.45, 2.75) is 45.6 Å². The summed E-state index contributed by atoms with van der Waals surface area (Å²) in [6.45, 7) is 3.45. The van der Waals surface area contributed by atoms with Crippen LogP contribution in [0.2, 0.25) is 0 Å². The van der Waals surface area contributed by atoms with Gasteiger partial charge in [-0.1, -0.05) is 19.8 Å². The van der Waals surface area contributed by atoms with E-state index in [-0.39, 0.29) is 17.4 Å². The summed E-state index contributed by atoms with van der Waals surface area (Å²) in [6, 6.07) is 1.85. The Bertz CT molecular complexity index is 337. The van der Waals surface area contributed by atoms with Crippen LogP contribution in [-0.2, 0) is 4.79 Å². The van der Waals surface area contributed by atoms with E-state index < -0.39 is 5.91 Å². The van der Waals surface area contributed by atoms with Crippen LogP contribution in [0, 0.1) is 17.2 Å². The Labute approximate surface area is 96.0 Å². The van der Waals surface area contributed by atoms with E-state index in [1.165, 1.54) is 13.3 Å². The van der Waals surface area contributed by atoms with Crippen molar-refractivity contribution in [3.63, 3.8) is 0 Å². The lowest BCUT2D eigenvalue weighted by molar-refractivity contribution is -0.118. The molecule has 4 nitrogen and oxygen atoms in total. The van der Waals surface area contributed by atoms with Crippen molar-refractivity contribution in [1.29, 1.82) is 5.26 Å². The third-order valence-electron chi connectivity index (χ3n) is 3.13. The van der Waals surface area contributed by atoms with Crippen LogP contribution < -0.4 is 5.32 Å². The number of nitrogens with one attached hydrogen (secondary N) is 1. The molecular weight excluding hydrogens is 204 g/mol. The predicted octanol–water partition coefficient (Wildman–Crippen LogP) is 2.04. The minimum atomic E-state index is -0.457. The van der Waals surface area contributed by atoms with Gasteiger partial charge in [0.25, 0.3) is 5.91 Å². The number of carbonyl (C=O) groups is 1. The van der Waals surface area contributed by atoms with Crippen LogP contribution in [0.15, 0.2) is 11.3 Å². The zero-order valence-corrected chi connectivity index (χ0v) is 9.79. The summed E-state index contributed by atoms with van der Waals surface area (Å²) in [7, 11) is 0. The number of amides is 1. The average molecular weight is 222 g/mol. The SMILES string of the molecule is C/C(O)=C(/C#N)C(=O)NC1CCCCC1C. The van der Waals surface area contributed by atoms with Crippen LogP contribution in [-0.4, -0.2) is 17.1 Å². The summed E-state index contributed by atoms with van der Waals surface area (Å²) in [5, 5.41) is 20.7. The molecule has 0 saturated heterocycles. The smallest absolute Gasteiger partial charge is 0.265 e. The van der Waals surface area contributed by atoms with Gasteiger partial charge in [0.05, 0.1) is 0 Å². The lowest BCUT2D eigenvalue weighted by atomic mass is 9.86. The van der Waals surface area contributed by atoms with Gasteiger partial charge in [-0.05, 0) is 25.7 Å². The fourth-order valence-electron chi connectivity index (χ4n) is 2.07. The van der Waals surface area contributed by atoms with Crippen LogP contribution in [0.1, 0.15) is 39.5 Å². The molecule has 0 aliphatic heterocycles. The molecule has 0 aromatic carbocycles. The second kappa shape index (κ2) is 5.55. The number of aliphatic hydroxyl groups is 1. The molecule has 0 aromatic rings. The number of nitriles is 1. The van der Waals surface area contributed by atoms with Gasteiger partial charge in [-0.3, -0.25) is 4.79 Å². The normalized spacial score (nSPS) is 26.6. The molecule has 1 amide bonds. The van der Waals surface area contributed by atoms with E-state index in [0.29, 0.717) is 5.92 Å². The van der Waals surface area contributed by atoms with Crippen molar-refractivity contribution in [3.05, 3.63) is 11.3 Å². The second-order valence-electron chi connectivity index (χ2n) is 4.41. The van der Waals surface area contributed by atoms with Crippen LogP contribution in [0.25, 0.3) is 0 Å². The summed E-state index contributed by atoms with van der Waals surface area (Å²) >= 11 is 0. The number of hydrogen-bond acceptors (Lipinski definition) is 3. The van der Waals surface area contributed by atoms with Crippen LogP contribution >= 0.6 is 0 Å². The Morgan fingerprint density at radius 1 is 1.44 bits per heavy atom. The van der Waals surface area contributed by atoms with E-state index in [9.17, 15) is 9.90 Å². The van der Waals surface area contributed by atoms with Gasteiger partial charge >= 0.3 is 0 Å². The second-order valence-corrected chi connectivity index (χ2v) is 4.41. The van der Waals surface area contributed by atoms with Gasteiger partial charge in [0.2, 0.25) is 0 Å². The van der Waals surface area contributed by atoms with E-state index in [0.717, 1.165) is 19.3 Å². The number of rotatable bonds is 2. The third-order valence-corrected chi connectivity index (χ3v) is 3.13. The fourth-order valence-corrected chi connectivity index (χ4v) is 2.07. The maximum atomic E-state index is 11.7. The van der Waals surface area contributed by atoms with Crippen molar-refractivity contribution in [3.8, 4) is 6.07 Å². The molecule has 1 fully saturated rings. The van der Waals surface area contributed by atoms with Gasteiger partial charge in [-0.2, -0.15) is 5.26 Å². The molecule has 2 N–H and O–H groups in total. The molecule has 1 aliphatic rings. The maximum absolute atomic E-state index is 11.7. The minimum Gasteiger partial charge on any atom is -0.511 e. The lowest BCUT2D eigenvalue weighted by Crippen LogP contribution is -2.41. The Balaban J connectivity index is 2.64. The van der Waals surface area contributed by atoms with Crippen molar-refractivity contribution in [2.24, 2.45) is 5.92 Å². The molecule has 0 bridgehead atoms. The largest absolute Gasteiger partial charge is 0.511 e. The van der Waals surface area contributed by atoms with Crippen molar-refractivity contribution in [1.82, 2.24) is 5.32 Å². The first kappa shape index (κ1) is 12.6. The summed E-state index contributed by atoms with van der Waals surface area (Å²) in [4.78, 5) is 11.7. The molecule has 2 unspecified atom stereocenters. The van der Waals surface area contributed by atoms with Crippen LogP contribution in [0.5, 0.6) is 0 Å². The zero-order chi connectivity index (χ0) is 12.1. The van der Waals surface area contributed by atoms with E-state index in [4.69, 9.17) is 5.26 Å². The molecule has 1 aliphatic carbocycles. The Morgan fingerprint density at radius 2 is 2.06 bits per heavy atom. The van der Waals surface area contributed by atoms with Gasteiger partial charge in [0, 0.05) is 6.04 Å². The van der Waals surface area contributed by atoms with E-state index in [1.54, 1.807) is 6.07 Å². The first-order valence-electron chi connectivity index (χ1n) is 5.67. The maximum Gasteiger partial charge on any atom is 0.265 e. The highest BCUT2D eigenvalue weighted by Crippen LogP contribution is 2.23. The number of hydrogen-bond donors (Lipinski definition) is 2. The fraction of sp³-hybridized carbons (Fsp3) is 0.667. The molecule has 16 heavy (non-hydrogen) atoms. The number of nitrogens with zero attached hydrogens (tertiary/aromatic N) is 1. The van der Waals surface area contributed by atoms with E-state index >= 15 is 0 Å². The molecule has 1 rings (SSSR count). The Kier molecular flexibility index (Phi) is 4.36. The van der Waals surface area contributed by atoms with Crippen molar-refractivity contribution >= 4 is 5.91 Å². The molecule has 1 saturated carbocycles. The van der Waals surface area contributed by atoms with Crippen LogP contribution in [0.4, 0.5) is 0 Å². The standard InChI is InChI=1S/C12H18N2O2/c1-8-5-3-4-6-11(8)14-12(16)10(7-13)9(2)15/h8,11,15H,3-6H2,1-2H3,(H,14,16)/b10-9+. The zero-order valence-electron chi connectivity index (χ0n) is 9.79. The van der Waals surface area contributed by atoms with Crippen molar-refractivity contribution in [2.75, 3.05) is 0 Å². The van der Waals surface area contributed by atoms with E-state index in [1.807, 2.05) is 0 Å². The minimum absolute atomic E-state index is 0.129. The molecule has 0 spiro atoms. The summed E-state index contributed by atoms with van der Waals surface area (Å²) < 4.78 is 0. The summed E-state index contributed by atoms with van der Waals surface area (Å²) in [6.07, 6.45) is 4.37. The molecule has 2 atom stereocenters. The van der Waals surface area contributed by atoms with Gasteiger partial charge in [-0.25, -0.2) is 0 Å². The Hall–Kier alpha value is -1.50. The number of aliphatic hydroxyl groups excluding tert-OH is 1. The molecule has 4 heteroatoms. The highest BCUT2D eigenvalue weighted by molar-refractivity contribution is 5.97. The molecule has 0 aromatic heterocycles. The Morgan fingerprint density at radius 3 is 2.56 bits per heavy atom. The third kappa shape index (κ3) is 2.99. The first-order chi connectivity index (χ1) is 7.56. The molecule has 0 radical (unpaired) electrons. The summed E-state index contributed by atoms with van der Waals surface area (Å²) in [5.41, 5.74) is -0.183. The van der Waals surface area contributed by atoms with E-state index in [2.05, 4.69) is 12.2 Å². The number of carbonyl (C=O) groups excluding carboxylic acids is 1. The summed E-state index contributed by atoms with van der Waals surface area (Å²) in [5.74, 6) is -0.235. The lowest BCUT2D eigenvalue weighted by Gasteiger charge is -2.29. The van der Waals surface area contributed by atoms with Crippen molar-refractivity contribution < 1.29 is 9.90 Å². The monoisotopic (exact) mass is 222 g/mol. The van der Waals surface area contributed by atoms with Crippen LogP contribution in [0.3, 0.4) is 0 Å². The van der Waals surface area contributed by atoms with Gasteiger partial charge in [0.1, 0.15) is 11.8 Å².